The predicted octanol–water partition coefficient (Wildman–Crippen LogP) is 0.544. The van der Waals surface area contributed by atoms with Crippen molar-refractivity contribution in [2.75, 3.05) is 52.9 Å². The van der Waals surface area contributed by atoms with Crippen LogP contribution in [0.1, 0.15) is 12.8 Å². The van der Waals surface area contributed by atoms with Gasteiger partial charge >= 0.3 is 0 Å². The van der Waals surface area contributed by atoms with E-state index in [2.05, 4.69) is 28.2 Å². The summed E-state index contributed by atoms with van der Waals surface area (Å²) in [6.07, 6.45) is 4.98. The number of piperidine rings is 1. The van der Waals surface area contributed by atoms with Crippen LogP contribution in [0.2, 0.25) is 0 Å². The maximum absolute atomic E-state index is 3.40. The molecule has 2 aliphatic rings. The van der Waals surface area contributed by atoms with Crippen molar-refractivity contribution in [1.29, 1.82) is 0 Å². The first-order valence-electron chi connectivity index (χ1n) is 6.14. The Morgan fingerprint density at radius 1 is 1.13 bits per heavy atom. The van der Waals surface area contributed by atoms with Gasteiger partial charge < -0.3 is 10.2 Å². The summed E-state index contributed by atoms with van der Waals surface area (Å²) in [6, 6.07) is 0. The molecule has 0 radical (unpaired) electrons. The Kier molecular flexibility index (Phi) is 4.18. The highest BCUT2D eigenvalue weighted by Crippen LogP contribution is 2.10. The van der Waals surface area contributed by atoms with Gasteiger partial charge in [0.25, 0.3) is 0 Å². The summed E-state index contributed by atoms with van der Waals surface area (Å²) in [7, 11) is 2.21. The Hall–Kier alpha value is -0.380. The van der Waals surface area contributed by atoms with Gasteiger partial charge in [-0.05, 0) is 33.0 Å². The summed E-state index contributed by atoms with van der Waals surface area (Å²) in [4.78, 5) is 4.98. The molecule has 0 bridgehead atoms. The molecule has 0 aromatic heterocycles. The molecule has 2 fully saturated rings. The zero-order valence-electron chi connectivity index (χ0n) is 9.84. The minimum atomic E-state index is 1.17. The molecule has 0 amide bonds. The molecule has 2 aliphatic heterocycles. The molecule has 2 rings (SSSR count). The lowest BCUT2D eigenvalue weighted by Gasteiger charge is -2.31. The summed E-state index contributed by atoms with van der Waals surface area (Å²) >= 11 is 0. The molecular formula is C12H23N3. The summed E-state index contributed by atoms with van der Waals surface area (Å²) in [6.45, 7) is 8.44. The monoisotopic (exact) mass is 209 g/mol. The van der Waals surface area contributed by atoms with Gasteiger partial charge in [0.2, 0.25) is 0 Å². The van der Waals surface area contributed by atoms with E-state index < -0.39 is 0 Å². The third-order valence-electron chi connectivity index (χ3n) is 3.48. The standard InChI is InChI=1S/C12H23N3/c1-14-8-10-15(11-9-14)7-4-12-2-5-13-6-3-12/h4,13H,2-3,5-11H2,1H3. The highest BCUT2D eigenvalue weighted by molar-refractivity contribution is 5.06. The van der Waals surface area contributed by atoms with Gasteiger partial charge in [-0.3, -0.25) is 4.90 Å². The van der Waals surface area contributed by atoms with Crippen molar-refractivity contribution in [3.63, 3.8) is 0 Å². The maximum Gasteiger partial charge on any atom is 0.0166 e. The Morgan fingerprint density at radius 2 is 1.80 bits per heavy atom. The summed E-state index contributed by atoms with van der Waals surface area (Å²) < 4.78 is 0. The Balaban J connectivity index is 1.72. The van der Waals surface area contributed by atoms with Crippen molar-refractivity contribution >= 4 is 0 Å². The number of nitrogens with one attached hydrogen (secondary N) is 1. The third kappa shape index (κ3) is 3.59. The van der Waals surface area contributed by atoms with Crippen molar-refractivity contribution in [3.05, 3.63) is 11.6 Å². The van der Waals surface area contributed by atoms with Crippen molar-refractivity contribution in [1.82, 2.24) is 15.1 Å². The molecule has 1 N–H and O–H groups in total. The van der Waals surface area contributed by atoms with Gasteiger partial charge in [-0.25, -0.2) is 0 Å². The number of rotatable bonds is 2. The molecule has 15 heavy (non-hydrogen) atoms. The van der Waals surface area contributed by atoms with Crippen LogP contribution in [-0.4, -0.2) is 62.7 Å². The predicted molar refractivity (Wildman–Crippen MR) is 64.1 cm³/mol. The van der Waals surface area contributed by atoms with Crippen LogP contribution >= 0.6 is 0 Å². The van der Waals surface area contributed by atoms with Crippen molar-refractivity contribution in [2.45, 2.75) is 12.8 Å². The maximum atomic E-state index is 3.40. The summed E-state index contributed by atoms with van der Waals surface area (Å²) in [5.74, 6) is 0. The summed E-state index contributed by atoms with van der Waals surface area (Å²) in [5.41, 5.74) is 1.66. The van der Waals surface area contributed by atoms with Crippen LogP contribution in [0.5, 0.6) is 0 Å². The van der Waals surface area contributed by atoms with E-state index in [1.54, 1.807) is 5.57 Å². The Morgan fingerprint density at radius 3 is 2.47 bits per heavy atom. The lowest BCUT2D eigenvalue weighted by atomic mass is 10.1. The van der Waals surface area contributed by atoms with Gasteiger partial charge in [-0.15, -0.1) is 0 Å². The minimum Gasteiger partial charge on any atom is -0.316 e. The van der Waals surface area contributed by atoms with E-state index in [-0.39, 0.29) is 0 Å². The fourth-order valence-electron chi connectivity index (χ4n) is 2.24. The molecule has 2 saturated heterocycles. The van der Waals surface area contributed by atoms with E-state index >= 15 is 0 Å². The molecule has 0 aromatic carbocycles. The summed E-state index contributed by atoms with van der Waals surface area (Å²) in [5, 5.41) is 3.40. The molecule has 0 atom stereocenters. The smallest absolute Gasteiger partial charge is 0.0166 e. The van der Waals surface area contributed by atoms with E-state index in [0.29, 0.717) is 0 Å². The largest absolute Gasteiger partial charge is 0.316 e. The normalized spacial score (nSPS) is 25.5. The number of likely N-dealkylation sites (N-methyl/N-ethyl adjacent to an activating group) is 1. The first-order valence-corrected chi connectivity index (χ1v) is 6.14. The van der Waals surface area contributed by atoms with Crippen LogP contribution in [0.25, 0.3) is 0 Å². The van der Waals surface area contributed by atoms with Gasteiger partial charge in [0.1, 0.15) is 0 Å². The van der Waals surface area contributed by atoms with Crippen LogP contribution in [0, 0.1) is 0 Å². The van der Waals surface area contributed by atoms with E-state index in [4.69, 9.17) is 0 Å². The molecular weight excluding hydrogens is 186 g/mol. The SMILES string of the molecule is CN1CCN(CC=C2CCNCC2)CC1. The third-order valence-corrected chi connectivity index (χ3v) is 3.48. The zero-order valence-corrected chi connectivity index (χ0v) is 9.84. The van der Waals surface area contributed by atoms with Crippen molar-refractivity contribution in [2.24, 2.45) is 0 Å². The highest BCUT2D eigenvalue weighted by atomic mass is 15.2. The first kappa shape index (κ1) is 11.1. The molecule has 2 heterocycles. The van der Waals surface area contributed by atoms with E-state index in [0.717, 1.165) is 0 Å². The van der Waals surface area contributed by atoms with E-state index in [9.17, 15) is 0 Å². The van der Waals surface area contributed by atoms with Gasteiger partial charge in [0, 0.05) is 32.7 Å². The molecule has 0 saturated carbocycles. The van der Waals surface area contributed by atoms with Crippen LogP contribution in [0.4, 0.5) is 0 Å². The lowest BCUT2D eigenvalue weighted by Crippen LogP contribution is -2.44. The molecule has 3 heteroatoms. The van der Waals surface area contributed by atoms with Crippen molar-refractivity contribution in [3.8, 4) is 0 Å². The van der Waals surface area contributed by atoms with Gasteiger partial charge in [-0.2, -0.15) is 0 Å². The topological polar surface area (TPSA) is 18.5 Å². The van der Waals surface area contributed by atoms with E-state index in [1.165, 1.54) is 58.7 Å². The fraction of sp³-hybridized carbons (Fsp3) is 0.833. The molecule has 0 aromatic rings. The Labute approximate surface area is 93.1 Å². The minimum absolute atomic E-state index is 1.17. The number of piperazine rings is 1. The second-order valence-electron chi connectivity index (χ2n) is 4.72. The number of hydrogen-bond donors (Lipinski definition) is 1. The molecule has 0 unspecified atom stereocenters. The molecule has 3 nitrogen and oxygen atoms in total. The number of nitrogens with zero attached hydrogens (tertiary/aromatic N) is 2. The second-order valence-corrected chi connectivity index (χ2v) is 4.72. The van der Waals surface area contributed by atoms with Crippen LogP contribution in [-0.2, 0) is 0 Å². The molecule has 86 valence electrons. The van der Waals surface area contributed by atoms with Crippen LogP contribution in [0.3, 0.4) is 0 Å². The van der Waals surface area contributed by atoms with Crippen molar-refractivity contribution < 1.29 is 0 Å². The van der Waals surface area contributed by atoms with Crippen LogP contribution in [0.15, 0.2) is 11.6 Å². The molecule has 0 spiro atoms. The average molecular weight is 209 g/mol. The van der Waals surface area contributed by atoms with E-state index in [1.807, 2.05) is 0 Å². The number of hydrogen-bond acceptors (Lipinski definition) is 3. The highest BCUT2D eigenvalue weighted by Gasteiger charge is 2.12. The lowest BCUT2D eigenvalue weighted by molar-refractivity contribution is 0.166. The average Bonchev–Trinajstić information content (AvgIpc) is 2.30. The first-order chi connectivity index (χ1) is 7.34. The van der Waals surface area contributed by atoms with Gasteiger partial charge in [0.05, 0.1) is 0 Å². The van der Waals surface area contributed by atoms with Crippen LogP contribution < -0.4 is 5.32 Å². The quantitative estimate of drug-likeness (QED) is 0.670. The molecule has 0 aliphatic carbocycles. The zero-order chi connectivity index (χ0) is 10.5. The fourth-order valence-corrected chi connectivity index (χ4v) is 2.24. The van der Waals surface area contributed by atoms with Gasteiger partial charge in [0.15, 0.2) is 0 Å². The second kappa shape index (κ2) is 5.64. The van der Waals surface area contributed by atoms with Gasteiger partial charge in [-0.1, -0.05) is 11.6 Å². The Bertz CT molecular complexity index is 209.